The Morgan fingerprint density at radius 2 is 1.76 bits per heavy atom. The molecule has 0 saturated carbocycles. The molecule has 0 atom stereocenters. The van der Waals surface area contributed by atoms with Gasteiger partial charge in [0, 0.05) is 11.1 Å². The van der Waals surface area contributed by atoms with Crippen molar-refractivity contribution in [1.29, 1.82) is 5.26 Å². The van der Waals surface area contributed by atoms with E-state index in [-0.39, 0.29) is 11.6 Å². The molecule has 5 nitrogen and oxygen atoms in total. The fourth-order valence-corrected chi connectivity index (χ4v) is 3.55. The van der Waals surface area contributed by atoms with Crippen molar-refractivity contribution in [2.24, 2.45) is 0 Å². The number of nitrogens with one attached hydrogen (secondary N) is 2. The van der Waals surface area contributed by atoms with Crippen molar-refractivity contribution < 1.29 is 18.3 Å². The van der Waals surface area contributed by atoms with Crippen LogP contribution in [0.3, 0.4) is 0 Å². The van der Waals surface area contributed by atoms with Crippen LogP contribution in [0.25, 0.3) is 11.1 Å². The average Bonchev–Trinajstić information content (AvgIpc) is 2.77. The zero-order chi connectivity index (χ0) is 24.0. The maximum atomic E-state index is 12.8. The predicted octanol–water partition coefficient (Wildman–Crippen LogP) is 7.06. The lowest BCUT2D eigenvalue weighted by atomic mass is 10.0. The highest BCUT2D eigenvalue weighted by Gasteiger charge is 2.15. The molecule has 0 bridgehead atoms. The van der Waals surface area contributed by atoms with Crippen molar-refractivity contribution in [1.82, 2.24) is 10.0 Å². The van der Waals surface area contributed by atoms with E-state index in [1.54, 1.807) is 48.5 Å². The maximum Gasteiger partial charge on any atom is 0.325 e. The van der Waals surface area contributed by atoms with Crippen LogP contribution in [-0.4, -0.2) is 11.6 Å². The number of amides is 2. The third-order valence-electron chi connectivity index (χ3n) is 4.37. The van der Waals surface area contributed by atoms with Gasteiger partial charge in [-0.15, -0.1) is 0 Å². The molecule has 0 heterocycles. The van der Waals surface area contributed by atoms with Crippen LogP contribution in [0.5, 0.6) is 11.5 Å². The lowest BCUT2D eigenvalue weighted by molar-refractivity contribution is 0.151. The van der Waals surface area contributed by atoms with Gasteiger partial charge in [0.05, 0.1) is 16.5 Å². The molecule has 3 rings (SSSR count). The highest BCUT2D eigenvalue weighted by molar-refractivity contribution is 7.98. The van der Waals surface area contributed by atoms with Crippen LogP contribution in [-0.2, 0) is 0 Å². The summed E-state index contributed by atoms with van der Waals surface area (Å²) in [4.78, 5) is 12.7. The van der Waals surface area contributed by atoms with Crippen molar-refractivity contribution in [2.75, 3.05) is 0 Å². The minimum Gasteiger partial charge on any atom is -0.456 e. The number of benzene rings is 3. The van der Waals surface area contributed by atoms with Gasteiger partial charge in [-0.2, -0.15) is 5.26 Å². The molecule has 0 fully saturated rings. The van der Waals surface area contributed by atoms with Crippen molar-refractivity contribution in [2.45, 2.75) is 37.6 Å². The monoisotopic (exact) mass is 467 g/mol. The van der Waals surface area contributed by atoms with E-state index in [0.717, 1.165) is 23.1 Å². The Balaban J connectivity index is 1.80. The number of carbonyl (C=O) groups is 1. The second-order valence-corrected chi connectivity index (χ2v) is 9.08. The fraction of sp³-hybridized carbons (Fsp3) is 0.200. The molecule has 3 aromatic rings. The fourth-order valence-electron chi connectivity index (χ4n) is 2.90. The molecule has 0 radical (unpaired) electrons. The zero-order valence-corrected chi connectivity index (χ0v) is 19.2. The molecule has 0 unspecified atom stereocenters. The SMILES string of the molecule is CC(C)(C)NC(=O)NSc1cc(C#N)ccc1Oc1cccc(-c2ccc(C(F)F)cc2)c1. The number of halogens is 2. The lowest BCUT2D eigenvalue weighted by Crippen LogP contribution is -2.44. The summed E-state index contributed by atoms with van der Waals surface area (Å²) < 4.78 is 34.4. The van der Waals surface area contributed by atoms with E-state index in [1.807, 2.05) is 26.8 Å². The minimum atomic E-state index is -2.51. The zero-order valence-electron chi connectivity index (χ0n) is 18.4. The van der Waals surface area contributed by atoms with Crippen molar-refractivity contribution in [3.05, 3.63) is 77.9 Å². The van der Waals surface area contributed by atoms with Crippen LogP contribution >= 0.6 is 11.9 Å². The Bertz CT molecular complexity index is 1170. The van der Waals surface area contributed by atoms with E-state index >= 15 is 0 Å². The van der Waals surface area contributed by atoms with E-state index in [9.17, 15) is 18.8 Å². The van der Waals surface area contributed by atoms with Crippen LogP contribution < -0.4 is 14.8 Å². The van der Waals surface area contributed by atoms with Crippen LogP contribution in [0.4, 0.5) is 13.6 Å². The average molecular weight is 468 g/mol. The quantitative estimate of drug-likeness (QED) is 0.381. The second kappa shape index (κ2) is 10.4. The Kier molecular flexibility index (Phi) is 7.56. The molecule has 0 aliphatic rings. The molecule has 3 aromatic carbocycles. The molecular formula is C25H23F2N3O2S. The summed E-state index contributed by atoms with van der Waals surface area (Å²) in [5, 5.41) is 12.0. The molecule has 0 aromatic heterocycles. The number of alkyl halides is 2. The largest absolute Gasteiger partial charge is 0.456 e. The van der Waals surface area contributed by atoms with Crippen LogP contribution in [0.2, 0.25) is 0 Å². The van der Waals surface area contributed by atoms with Gasteiger partial charge in [0.2, 0.25) is 0 Å². The van der Waals surface area contributed by atoms with Gasteiger partial charge in [0.15, 0.2) is 0 Å². The highest BCUT2D eigenvalue weighted by Crippen LogP contribution is 2.34. The van der Waals surface area contributed by atoms with Crippen molar-refractivity contribution in [3.8, 4) is 28.7 Å². The number of carbonyl (C=O) groups excluding carboxylic acids is 1. The van der Waals surface area contributed by atoms with Gasteiger partial charge < -0.3 is 10.1 Å². The van der Waals surface area contributed by atoms with Gasteiger partial charge in [-0.05, 0) is 74.2 Å². The summed E-state index contributed by atoms with van der Waals surface area (Å²) in [6.45, 7) is 5.61. The number of hydrogen-bond donors (Lipinski definition) is 2. The molecule has 170 valence electrons. The highest BCUT2D eigenvalue weighted by atomic mass is 32.2. The first-order valence-electron chi connectivity index (χ1n) is 10.1. The topological polar surface area (TPSA) is 74.2 Å². The third kappa shape index (κ3) is 6.96. The lowest BCUT2D eigenvalue weighted by Gasteiger charge is -2.20. The number of hydrogen-bond acceptors (Lipinski definition) is 4. The molecule has 2 amide bonds. The third-order valence-corrected chi connectivity index (χ3v) is 5.20. The van der Waals surface area contributed by atoms with Crippen molar-refractivity contribution in [3.63, 3.8) is 0 Å². The smallest absolute Gasteiger partial charge is 0.325 e. The number of ether oxygens (including phenoxy) is 1. The first-order chi connectivity index (χ1) is 15.6. The summed E-state index contributed by atoms with van der Waals surface area (Å²) >= 11 is 1.04. The Labute approximate surface area is 195 Å². The van der Waals surface area contributed by atoms with Crippen LogP contribution in [0.1, 0.15) is 38.3 Å². The summed E-state index contributed by atoms with van der Waals surface area (Å²) in [6.07, 6.45) is -2.51. The summed E-state index contributed by atoms with van der Waals surface area (Å²) in [5.74, 6) is 0.983. The van der Waals surface area contributed by atoms with Gasteiger partial charge in [0.1, 0.15) is 11.5 Å². The van der Waals surface area contributed by atoms with E-state index in [4.69, 9.17) is 4.74 Å². The first-order valence-corrected chi connectivity index (χ1v) is 10.9. The number of nitrogens with zero attached hydrogens (tertiary/aromatic N) is 1. The molecule has 2 N–H and O–H groups in total. The molecule has 33 heavy (non-hydrogen) atoms. The molecule has 8 heteroatoms. The van der Waals surface area contributed by atoms with E-state index < -0.39 is 12.0 Å². The normalized spacial score (nSPS) is 11.1. The number of nitriles is 1. The molecule has 0 aliphatic carbocycles. The van der Waals surface area contributed by atoms with Gasteiger partial charge in [-0.1, -0.05) is 36.4 Å². The van der Waals surface area contributed by atoms with Gasteiger partial charge in [-0.25, -0.2) is 13.6 Å². The van der Waals surface area contributed by atoms with Crippen molar-refractivity contribution >= 4 is 18.0 Å². The second-order valence-electron chi connectivity index (χ2n) is 8.23. The molecule has 0 aliphatic heterocycles. The Hall–Kier alpha value is -3.57. The standard InChI is InChI=1S/C25H23F2N3O2S/c1-25(2,3)29-24(31)30-33-22-13-16(15-28)7-12-21(22)32-20-6-4-5-19(14-20)17-8-10-18(11-9-17)23(26)27/h4-14,23H,1-3H3,(H2,29,30,31). The summed E-state index contributed by atoms with van der Waals surface area (Å²) in [5.41, 5.74) is 1.58. The number of urea groups is 1. The van der Waals surface area contributed by atoms with Gasteiger partial charge in [0.25, 0.3) is 6.43 Å². The maximum absolute atomic E-state index is 12.8. The summed E-state index contributed by atoms with van der Waals surface area (Å²) in [6, 6.07) is 19.9. The first kappa shape index (κ1) is 24.1. The molecule has 0 spiro atoms. The Morgan fingerprint density at radius 1 is 1.03 bits per heavy atom. The van der Waals surface area contributed by atoms with Crippen LogP contribution in [0, 0.1) is 11.3 Å². The molecular weight excluding hydrogens is 444 g/mol. The van der Waals surface area contributed by atoms with Crippen LogP contribution in [0.15, 0.2) is 71.6 Å². The van der Waals surface area contributed by atoms with Gasteiger partial charge >= 0.3 is 6.03 Å². The number of rotatable bonds is 6. The minimum absolute atomic E-state index is 0.0339. The van der Waals surface area contributed by atoms with E-state index in [1.165, 1.54) is 12.1 Å². The summed E-state index contributed by atoms with van der Waals surface area (Å²) in [7, 11) is 0. The van der Waals surface area contributed by atoms with Gasteiger partial charge in [-0.3, -0.25) is 4.72 Å². The van der Waals surface area contributed by atoms with E-state index in [2.05, 4.69) is 16.1 Å². The molecule has 0 saturated heterocycles. The Morgan fingerprint density at radius 3 is 2.39 bits per heavy atom. The predicted molar refractivity (Wildman–Crippen MR) is 125 cm³/mol. The van der Waals surface area contributed by atoms with E-state index in [0.29, 0.717) is 22.0 Å².